The molecule has 1 amide bonds. The Labute approximate surface area is 156 Å². The van der Waals surface area contributed by atoms with Gasteiger partial charge in [0.1, 0.15) is 17.8 Å². The molecule has 0 radical (unpaired) electrons. The summed E-state index contributed by atoms with van der Waals surface area (Å²) in [6.45, 7) is 0.566. The van der Waals surface area contributed by atoms with Crippen molar-refractivity contribution in [3.63, 3.8) is 0 Å². The smallest absolute Gasteiger partial charge is 0.274 e. The fourth-order valence-electron chi connectivity index (χ4n) is 2.38. The number of methoxy groups -OCH3 is 2. The lowest BCUT2D eigenvalue weighted by atomic mass is 10.2. The van der Waals surface area contributed by atoms with E-state index in [0.717, 1.165) is 5.56 Å². The summed E-state index contributed by atoms with van der Waals surface area (Å²) < 4.78 is 10.4. The van der Waals surface area contributed by atoms with Crippen molar-refractivity contribution < 1.29 is 14.3 Å². The van der Waals surface area contributed by atoms with E-state index >= 15 is 0 Å². The Balaban J connectivity index is 1.68. The van der Waals surface area contributed by atoms with Crippen LogP contribution in [-0.4, -0.2) is 35.1 Å². The lowest BCUT2D eigenvalue weighted by Crippen LogP contribution is -2.14. The van der Waals surface area contributed by atoms with E-state index in [2.05, 4.69) is 25.6 Å². The second-order valence-corrected chi connectivity index (χ2v) is 5.52. The molecule has 0 aliphatic heterocycles. The largest absolute Gasteiger partial charge is 0.493 e. The second-order valence-electron chi connectivity index (χ2n) is 5.52. The van der Waals surface area contributed by atoms with Gasteiger partial charge in [-0.2, -0.15) is 0 Å². The van der Waals surface area contributed by atoms with E-state index in [9.17, 15) is 4.79 Å². The van der Waals surface area contributed by atoms with E-state index in [1.807, 2.05) is 12.1 Å². The van der Waals surface area contributed by atoms with Crippen LogP contribution in [0.1, 0.15) is 16.1 Å². The first-order chi connectivity index (χ1) is 13.2. The number of nitrogens with zero attached hydrogens (tertiary/aromatic N) is 3. The molecule has 0 bridgehead atoms. The Bertz CT molecular complexity index is 918. The summed E-state index contributed by atoms with van der Waals surface area (Å²) in [7, 11) is 3.09. The van der Waals surface area contributed by atoms with Gasteiger partial charge >= 0.3 is 0 Å². The topological polar surface area (TPSA) is 98.3 Å². The first-order valence-electron chi connectivity index (χ1n) is 8.18. The van der Waals surface area contributed by atoms with Crippen LogP contribution in [0.2, 0.25) is 0 Å². The molecule has 3 rings (SSSR count). The first-order valence-corrected chi connectivity index (χ1v) is 8.18. The zero-order valence-electron chi connectivity index (χ0n) is 15.0. The summed E-state index contributed by atoms with van der Waals surface area (Å²) in [6, 6.07) is 10.5. The van der Waals surface area contributed by atoms with Crippen molar-refractivity contribution >= 4 is 17.4 Å². The number of pyridine rings is 1. The van der Waals surface area contributed by atoms with Crippen LogP contribution in [0.5, 0.6) is 11.5 Å². The van der Waals surface area contributed by atoms with Gasteiger partial charge in [-0.15, -0.1) is 0 Å². The average Bonchev–Trinajstić information content (AvgIpc) is 2.73. The quantitative estimate of drug-likeness (QED) is 0.664. The molecular weight excluding hydrogens is 346 g/mol. The van der Waals surface area contributed by atoms with Crippen molar-refractivity contribution in [2.45, 2.75) is 6.54 Å². The van der Waals surface area contributed by atoms with E-state index in [1.54, 1.807) is 43.8 Å². The molecule has 0 atom stereocenters. The molecule has 138 valence electrons. The number of carbonyl (C=O) groups is 1. The fraction of sp³-hybridized carbons (Fsp3) is 0.158. The minimum Gasteiger partial charge on any atom is -0.493 e. The highest BCUT2D eigenvalue weighted by Crippen LogP contribution is 2.29. The van der Waals surface area contributed by atoms with Crippen LogP contribution in [0.25, 0.3) is 0 Å². The Morgan fingerprint density at radius 2 is 1.78 bits per heavy atom. The SMILES string of the molecule is COc1ccc(NC(=O)c2cc(NCc3ccncc3)ncn2)cc1OC. The number of rotatable bonds is 7. The third-order valence-electron chi connectivity index (χ3n) is 3.76. The summed E-state index contributed by atoms with van der Waals surface area (Å²) in [5, 5.41) is 5.94. The summed E-state index contributed by atoms with van der Waals surface area (Å²) in [4.78, 5) is 24.6. The molecule has 0 aliphatic rings. The maximum absolute atomic E-state index is 12.5. The van der Waals surface area contributed by atoms with Crippen molar-refractivity contribution in [1.82, 2.24) is 15.0 Å². The molecule has 27 heavy (non-hydrogen) atoms. The van der Waals surface area contributed by atoms with Gasteiger partial charge in [0.2, 0.25) is 0 Å². The average molecular weight is 365 g/mol. The zero-order chi connectivity index (χ0) is 19.1. The van der Waals surface area contributed by atoms with E-state index in [1.165, 1.54) is 13.4 Å². The molecule has 0 fully saturated rings. The second kappa shape index (κ2) is 8.61. The van der Waals surface area contributed by atoms with Crippen LogP contribution >= 0.6 is 0 Å². The van der Waals surface area contributed by atoms with Crippen molar-refractivity contribution in [3.8, 4) is 11.5 Å². The molecule has 0 unspecified atom stereocenters. The van der Waals surface area contributed by atoms with Gasteiger partial charge in [-0.3, -0.25) is 9.78 Å². The summed E-state index contributed by atoms with van der Waals surface area (Å²) in [5.41, 5.74) is 1.87. The van der Waals surface area contributed by atoms with Gasteiger partial charge in [0.25, 0.3) is 5.91 Å². The molecule has 2 aromatic heterocycles. The van der Waals surface area contributed by atoms with Crippen molar-refractivity contribution in [1.29, 1.82) is 0 Å². The van der Waals surface area contributed by atoms with Gasteiger partial charge in [0, 0.05) is 36.8 Å². The van der Waals surface area contributed by atoms with Gasteiger partial charge in [-0.25, -0.2) is 9.97 Å². The molecule has 8 heteroatoms. The third kappa shape index (κ3) is 4.69. The lowest BCUT2D eigenvalue weighted by molar-refractivity contribution is 0.102. The predicted molar refractivity (Wildman–Crippen MR) is 101 cm³/mol. The van der Waals surface area contributed by atoms with Gasteiger partial charge in [0.05, 0.1) is 14.2 Å². The van der Waals surface area contributed by atoms with E-state index < -0.39 is 0 Å². The normalized spacial score (nSPS) is 10.1. The molecule has 2 heterocycles. The maximum Gasteiger partial charge on any atom is 0.274 e. The van der Waals surface area contributed by atoms with Crippen LogP contribution in [0.3, 0.4) is 0 Å². The number of carbonyl (C=O) groups excluding carboxylic acids is 1. The van der Waals surface area contributed by atoms with Crippen molar-refractivity contribution in [2.24, 2.45) is 0 Å². The number of hydrogen-bond acceptors (Lipinski definition) is 7. The number of amides is 1. The number of benzene rings is 1. The Morgan fingerprint density at radius 1 is 1.00 bits per heavy atom. The number of aromatic nitrogens is 3. The van der Waals surface area contributed by atoms with E-state index in [4.69, 9.17) is 9.47 Å². The number of anilines is 2. The van der Waals surface area contributed by atoms with Gasteiger partial charge in [0.15, 0.2) is 11.5 Å². The van der Waals surface area contributed by atoms with E-state index in [-0.39, 0.29) is 11.6 Å². The zero-order valence-corrected chi connectivity index (χ0v) is 15.0. The monoisotopic (exact) mass is 365 g/mol. The highest BCUT2D eigenvalue weighted by molar-refractivity contribution is 6.03. The van der Waals surface area contributed by atoms with Crippen LogP contribution in [0.15, 0.2) is 55.1 Å². The Hall–Kier alpha value is -3.68. The van der Waals surface area contributed by atoms with Crippen LogP contribution in [-0.2, 0) is 6.54 Å². The number of nitrogens with one attached hydrogen (secondary N) is 2. The molecule has 0 aliphatic carbocycles. The van der Waals surface area contributed by atoms with Crippen LogP contribution in [0, 0.1) is 0 Å². The lowest BCUT2D eigenvalue weighted by Gasteiger charge is -2.11. The molecule has 3 aromatic rings. The van der Waals surface area contributed by atoms with Crippen molar-refractivity contribution in [2.75, 3.05) is 24.9 Å². The fourth-order valence-corrected chi connectivity index (χ4v) is 2.38. The molecule has 8 nitrogen and oxygen atoms in total. The summed E-state index contributed by atoms with van der Waals surface area (Å²) >= 11 is 0. The highest BCUT2D eigenvalue weighted by atomic mass is 16.5. The molecule has 1 aromatic carbocycles. The first kappa shape index (κ1) is 18.1. The van der Waals surface area contributed by atoms with Gasteiger partial charge in [-0.05, 0) is 29.8 Å². The molecule has 0 saturated carbocycles. The molecule has 0 saturated heterocycles. The standard InChI is InChI=1S/C19H19N5O3/c1-26-16-4-3-14(9-17(16)27-2)24-19(25)15-10-18(23-12-22-15)21-11-13-5-7-20-8-6-13/h3-10,12H,11H2,1-2H3,(H,24,25)(H,21,22,23). The minimum absolute atomic E-state index is 0.247. The molecule has 2 N–H and O–H groups in total. The van der Waals surface area contributed by atoms with Crippen LogP contribution in [0.4, 0.5) is 11.5 Å². The van der Waals surface area contributed by atoms with Crippen LogP contribution < -0.4 is 20.1 Å². The highest BCUT2D eigenvalue weighted by Gasteiger charge is 2.11. The van der Waals surface area contributed by atoms with Crippen molar-refractivity contribution in [3.05, 3.63) is 66.4 Å². The maximum atomic E-state index is 12.5. The summed E-state index contributed by atoms with van der Waals surface area (Å²) in [6.07, 6.45) is 4.79. The van der Waals surface area contributed by atoms with Gasteiger partial charge < -0.3 is 20.1 Å². The Kier molecular flexibility index (Phi) is 5.78. The summed E-state index contributed by atoms with van der Waals surface area (Å²) in [5.74, 6) is 1.31. The third-order valence-corrected chi connectivity index (χ3v) is 3.76. The van der Waals surface area contributed by atoms with Gasteiger partial charge in [-0.1, -0.05) is 0 Å². The molecule has 0 spiro atoms. The number of ether oxygens (including phenoxy) is 2. The van der Waals surface area contributed by atoms with E-state index in [0.29, 0.717) is 29.5 Å². The minimum atomic E-state index is -0.350. The number of hydrogen-bond donors (Lipinski definition) is 2. The predicted octanol–water partition coefficient (Wildman–Crippen LogP) is 2.75. The Morgan fingerprint density at radius 3 is 2.52 bits per heavy atom. The molecular formula is C19H19N5O3.